The zero-order chi connectivity index (χ0) is 46.6. The summed E-state index contributed by atoms with van der Waals surface area (Å²) in [6.45, 7) is 32.3. The van der Waals surface area contributed by atoms with E-state index in [1.54, 1.807) is 0 Å². The van der Waals surface area contributed by atoms with Crippen LogP contribution in [0.5, 0.6) is 0 Å². The molecule has 0 spiro atoms. The van der Waals surface area contributed by atoms with E-state index in [0.717, 1.165) is 83.8 Å². The first-order valence-electron chi connectivity index (χ1n) is 24.5. The molecule has 0 saturated carbocycles. The third-order valence-electron chi connectivity index (χ3n) is 16.3. The van der Waals surface area contributed by atoms with Gasteiger partial charge in [0.1, 0.15) is 0 Å². The monoisotopic (exact) mass is 836 g/mol. The van der Waals surface area contributed by atoms with Crippen molar-refractivity contribution in [1.29, 1.82) is 5.26 Å². The van der Waals surface area contributed by atoms with Crippen LogP contribution in [0, 0.1) is 11.3 Å². The van der Waals surface area contributed by atoms with E-state index in [0.29, 0.717) is 17.6 Å². The van der Waals surface area contributed by atoms with Gasteiger partial charge in [-0.05, 0) is 120 Å². The SMILES string of the molecule is [2H]c1c2c3cc4cc(C(C)(C)C)ccc4c4c5c6c(ncc5n(c2c([2H])c2c5cc7cc(C(C)(C)C)ccc7c7c8c9c(c(C#N)cc8n(c12)c57)C(C)(C)CC9(C)C)c34)C(C)(C)CC6(C)C. The second-order valence-electron chi connectivity index (χ2n) is 24.8. The van der Waals surface area contributed by atoms with Crippen LogP contribution in [0.3, 0.4) is 0 Å². The number of pyridine rings is 1. The Bertz CT molecular complexity index is 4150. The van der Waals surface area contributed by atoms with Crippen LogP contribution in [0.4, 0.5) is 0 Å². The number of benzene rings is 6. The molecule has 4 nitrogen and oxygen atoms in total. The molecule has 0 atom stereocenters. The summed E-state index contributed by atoms with van der Waals surface area (Å²) in [4.78, 5) is 5.35. The van der Waals surface area contributed by atoms with Crippen molar-refractivity contribution in [2.75, 3.05) is 0 Å². The lowest BCUT2D eigenvalue weighted by molar-refractivity contribution is 0.400. The topological polar surface area (TPSA) is 45.5 Å². The highest BCUT2D eigenvalue weighted by atomic mass is 15.0. The Hall–Kier alpha value is -5.92. The number of nitriles is 1. The molecule has 0 radical (unpaired) electrons. The van der Waals surface area contributed by atoms with Gasteiger partial charge in [-0.2, -0.15) is 5.26 Å². The van der Waals surface area contributed by atoms with Crippen LogP contribution in [0.1, 0.15) is 152 Å². The van der Waals surface area contributed by atoms with Crippen LogP contribution in [-0.2, 0) is 32.5 Å². The van der Waals surface area contributed by atoms with E-state index in [1.807, 2.05) is 0 Å². The largest absolute Gasteiger partial charge is 0.308 e. The molecule has 2 aliphatic rings. The van der Waals surface area contributed by atoms with Gasteiger partial charge in [-0.1, -0.05) is 133 Å². The van der Waals surface area contributed by atoms with Crippen molar-refractivity contribution in [3.05, 3.63) is 112 Å². The summed E-state index contributed by atoms with van der Waals surface area (Å²) in [6.07, 6.45) is 4.01. The molecule has 6 aromatic carbocycles. The molecule has 0 unspecified atom stereocenters. The number of aromatic nitrogens is 3. The summed E-state index contributed by atoms with van der Waals surface area (Å²) in [7, 11) is 0. The van der Waals surface area contributed by atoms with Gasteiger partial charge >= 0.3 is 0 Å². The predicted molar refractivity (Wildman–Crippen MR) is 272 cm³/mol. The Balaban J connectivity index is 1.32. The number of hydrogen-bond donors (Lipinski definition) is 0. The summed E-state index contributed by atoms with van der Waals surface area (Å²) < 4.78 is 26.1. The van der Waals surface area contributed by atoms with E-state index >= 15 is 0 Å². The molecule has 0 amide bonds. The second-order valence-corrected chi connectivity index (χ2v) is 24.8. The lowest BCUT2D eigenvalue weighted by Gasteiger charge is -2.23. The summed E-state index contributed by atoms with van der Waals surface area (Å²) in [6, 6.07) is 24.2. The van der Waals surface area contributed by atoms with Crippen LogP contribution in [0.25, 0.3) is 97.7 Å². The molecular weight excluding hydrogens is 777 g/mol. The van der Waals surface area contributed by atoms with E-state index in [-0.39, 0.29) is 32.5 Å². The van der Waals surface area contributed by atoms with E-state index < -0.39 is 0 Å². The Kier molecular flexibility index (Phi) is 6.33. The number of hydrogen-bond acceptors (Lipinski definition) is 2. The highest BCUT2D eigenvalue weighted by molar-refractivity contribution is 6.36. The molecule has 4 heteroatoms. The Morgan fingerprint density at radius 1 is 0.531 bits per heavy atom. The van der Waals surface area contributed by atoms with Gasteiger partial charge in [0.05, 0.1) is 59.4 Å². The maximum Gasteiger partial charge on any atom is 0.0995 e. The molecule has 318 valence electrons. The van der Waals surface area contributed by atoms with Crippen molar-refractivity contribution >= 4 is 97.7 Å². The van der Waals surface area contributed by atoms with Gasteiger partial charge in [-0.3, -0.25) is 4.98 Å². The molecule has 0 aliphatic heterocycles. The molecule has 0 saturated heterocycles. The summed E-state index contributed by atoms with van der Waals surface area (Å²) in [5.74, 6) is 0. The molecule has 13 rings (SSSR count). The fourth-order valence-electron chi connectivity index (χ4n) is 14.2. The van der Waals surface area contributed by atoms with E-state index in [4.69, 9.17) is 4.98 Å². The predicted octanol–water partition coefficient (Wildman–Crippen LogP) is 16.1. The van der Waals surface area contributed by atoms with Gasteiger partial charge in [-0.15, -0.1) is 0 Å². The van der Waals surface area contributed by atoms with Crippen molar-refractivity contribution in [1.82, 2.24) is 13.8 Å². The molecule has 11 aromatic rings. The quantitative estimate of drug-likeness (QED) is 0.153. The fourth-order valence-corrected chi connectivity index (χ4v) is 14.2. The first-order valence-corrected chi connectivity index (χ1v) is 23.5. The van der Waals surface area contributed by atoms with Crippen LogP contribution in [0.2, 0.25) is 0 Å². The Morgan fingerprint density at radius 2 is 1.00 bits per heavy atom. The molecular formula is C60H58N4. The average Bonchev–Trinajstić information content (AvgIpc) is 4.01. The van der Waals surface area contributed by atoms with Crippen molar-refractivity contribution in [3.8, 4) is 6.07 Å². The third-order valence-corrected chi connectivity index (χ3v) is 16.3. The number of fused-ring (bicyclic) bond motifs is 20. The highest BCUT2D eigenvalue weighted by Crippen LogP contribution is 2.58. The standard InChI is InChI=1S/C60H58N4/c1-55(2,3)33-15-17-35-30(19-33)21-39-37-25-42-38(24-41(37)63-43-23-32(26-61)49-50(47(43)45(35)52(39)63)58(9,10)28-57(49,7)8)40-22-31-20-34(56(4,5)6)16-18-36(31)46-48-44(64(42)53(40)46)27-62-54-51(48)59(11,12)29-60(54,13)14/h15-25,27H,28-29H2,1-14H3/i24D,25D. The van der Waals surface area contributed by atoms with E-state index in [2.05, 4.69) is 173 Å². The maximum absolute atomic E-state index is 11.0. The van der Waals surface area contributed by atoms with Crippen LogP contribution in [0.15, 0.2) is 72.9 Å². The maximum atomic E-state index is 11.0. The van der Waals surface area contributed by atoms with E-state index in [1.165, 1.54) is 60.3 Å². The highest BCUT2D eigenvalue weighted by Gasteiger charge is 2.47. The Labute approximate surface area is 378 Å². The van der Waals surface area contributed by atoms with Crippen molar-refractivity contribution in [2.45, 2.75) is 142 Å². The lowest BCUT2D eigenvalue weighted by Crippen LogP contribution is -2.18. The van der Waals surface area contributed by atoms with Crippen LogP contribution in [-0.4, -0.2) is 13.8 Å². The van der Waals surface area contributed by atoms with Gasteiger partial charge in [-0.25, -0.2) is 0 Å². The van der Waals surface area contributed by atoms with Crippen molar-refractivity contribution in [3.63, 3.8) is 0 Å². The summed E-state index contributed by atoms with van der Waals surface area (Å²) in [5, 5.41) is 24.0. The van der Waals surface area contributed by atoms with Crippen molar-refractivity contribution in [2.24, 2.45) is 0 Å². The van der Waals surface area contributed by atoms with Crippen LogP contribution >= 0.6 is 0 Å². The fraction of sp³-hybridized carbons (Fsp3) is 0.367. The molecule has 5 aromatic heterocycles. The van der Waals surface area contributed by atoms with E-state index in [9.17, 15) is 8.00 Å². The van der Waals surface area contributed by atoms with Crippen LogP contribution < -0.4 is 0 Å². The summed E-state index contributed by atoms with van der Waals surface area (Å²) >= 11 is 0. The average molecular weight is 837 g/mol. The van der Waals surface area contributed by atoms with Gasteiger partial charge in [0.15, 0.2) is 0 Å². The lowest BCUT2D eigenvalue weighted by atomic mass is 9.81. The Morgan fingerprint density at radius 3 is 1.52 bits per heavy atom. The minimum Gasteiger partial charge on any atom is -0.308 e. The van der Waals surface area contributed by atoms with Gasteiger partial charge in [0, 0.05) is 48.5 Å². The van der Waals surface area contributed by atoms with Gasteiger partial charge in [0.2, 0.25) is 0 Å². The number of nitrogens with zero attached hydrogens (tertiary/aromatic N) is 4. The first-order chi connectivity index (χ1) is 30.8. The third kappa shape index (κ3) is 4.47. The molecule has 2 aliphatic carbocycles. The zero-order valence-corrected chi connectivity index (χ0v) is 40.0. The molecule has 5 heterocycles. The molecule has 64 heavy (non-hydrogen) atoms. The second kappa shape index (κ2) is 11.1. The minimum absolute atomic E-state index is 0.0572. The molecule has 0 N–H and O–H groups in total. The van der Waals surface area contributed by atoms with Crippen molar-refractivity contribution < 1.29 is 2.74 Å². The summed E-state index contributed by atoms with van der Waals surface area (Å²) in [5.41, 5.74) is 13.0. The first kappa shape index (κ1) is 36.4. The molecule has 0 fully saturated rings. The zero-order valence-electron chi connectivity index (χ0n) is 42.0. The molecule has 0 bridgehead atoms. The van der Waals surface area contributed by atoms with Gasteiger partial charge < -0.3 is 8.80 Å². The normalized spacial score (nSPS) is 18.6. The number of rotatable bonds is 0. The van der Waals surface area contributed by atoms with Gasteiger partial charge in [0.25, 0.3) is 0 Å². The smallest absolute Gasteiger partial charge is 0.0995 e. The minimum atomic E-state index is -0.202.